The number of amides is 1. The third kappa shape index (κ3) is 6.36. The molecule has 10 rings (SSSR count). The zero-order chi connectivity index (χ0) is 35.1. The topological polar surface area (TPSA) is 86.5 Å². The summed E-state index contributed by atoms with van der Waals surface area (Å²) in [6.07, 6.45) is 9.87. The van der Waals surface area contributed by atoms with Crippen molar-refractivity contribution in [2.75, 3.05) is 5.32 Å². The maximum atomic E-state index is 12.2. The normalized spacial score (nSPS) is 15.3. The lowest BCUT2D eigenvalue weighted by Crippen LogP contribution is -2.09. The summed E-state index contributed by atoms with van der Waals surface area (Å²) in [6, 6.07) is 15.8. The molecule has 3 N–H and O–H groups in total. The van der Waals surface area contributed by atoms with Gasteiger partial charge in [-0.25, -0.2) is 9.97 Å². The quantitative estimate of drug-likeness (QED) is 0.204. The van der Waals surface area contributed by atoms with Gasteiger partial charge in [0.25, 0.3) is 0 Å². The fraction of sp³-hybridized carbons (Fsp3) is 0.386. The lowest BCUT2D eigenvalue weighted by molar-refractivity contribution is -0.114. The number of benzene rings is 1. The Morgan fingerprint density at radius 3 is 2.14 bits per heavy atom. The second-order valence-electron chi connectivity index (χ2n) is 14.5. The van der Waals surface area contributed by atoms with Crippen LogP contribution in [0, 0.1) is 13.8 Å². The molecule has 0 radical (unpaired) electrons. The van der Waals surface area contributed by atoms with Crippen LogP contribution in [0.1, 0.15) is 129 Å². The average molecular weight is 666 g/mol. The summed E-state index contributed by atoms with van der Waals surface area (Å²) in [6.45, 7) is 15.0. The zero-order valence-corrected chi connectivity index (χ0v) is 30.9. The molecule has 1 aromatic carbocycles. The second kappa shape index (κ2) is 13.9. The predicted octanol–water partition coefficient (Wildman–Crippen LogP) is 11.0. The molecule has 12 bridgehead atoms. The molecule has 50 heavy (non-hydrogen) atoms. The molecule has 0 aliphatic carbocycles. The first-order valence-electron chi connectivity index (χ1n) is 18.7. The summed E-state index contributed by atoms with van der Waals surface area (Å²) >= 11 is 0. The summed E-state index contributed by atoms with van der Waals surface area (Å²) in [5.74, 6) is -0.0186. The Bertz CT molecular complexity index is 2240. The Labute approximate surface area is 296 Å². The van der Waals surface area contributed by atoms with E-state index in [1.165, 1.54) is 55.7 Å². The van der Waals surface area contributed by atoms with E-state index < -0.39 is 0 Å². The molecule has 0 unspecified atom stereocenters. The third-order valence-corrected chi connectivity index (χ3v) is 11.3. The molecule has 0 atom stereocenters. The standard InChI is InChI=1S/C44H51N5O/c1-8-32-25(3)37-22-39-28(6)35-17-13-11-15-31-19-18-30(20-40(31)45-29(7)50)14-10-12-16-34-27(5)38(48-43(34)23-41(32)46-37)21-36-26(4)33(9-2)42(47-36)24-44(35)49-39/h18-24,46,49H,8-17H2,1-7H3,(H,45,50). The molecule has 258 valence electrons. The summed E-state index contributed by atoms with van der Waals surface area (Å²) in [5.41, 5.74) is 22.5. The van der Waals surface area contributed by atoms with Crippen LogP contribution in [0.15, 0.2) is 42.5 Å². The van der Waals surface area contributed by atoms with Crippen molar-refractivity contribution in [3.8, 4) is 0 Å². The van der Waals surface area contributed by atoms with E-state index in [0.717, 1.165) is 115 Å². The van der Waals surface area contributed by atoms with Gasteiger partial charge in [0.1, 0.15) is 0 Å². The predicted molar refractivity (Wildman–Crippen MR) is 210 cm³/mol. The highest BCUT2D eigenvalue weighted by Crippen LogP contribution is 2.38. The number of rotatable bonds is 3. The summed E-state index contributed by atoms with van der Waals surface area (Å²) in [7, 11) is 0. The fourth-order valence-electron chi connectivity index (χ4n) is 8.31. The van der Waals surface area contributed by atoms with Crippen molar-refractivity contribution in [3.05, 3.63) is 98.6 Å². The highest BCUT2D eigenvalue weighted by Gasteiger charge is 2.21. The molecule has 1 amide bonds. The van der Waals surface area contributed by atoms with E-state index in [-0.39, 0.29) is 5.91 Å². The van der Waals surface area contributed by atoms with Crippen molar-refractivity contribution in [1.82, 2.24) is 19.9 Å². The van der Waals surface area contributed by atoms with E-state index in [1.807, 2.05) is 0 Å². The average Bonchev–Trinajstić information content (AvgIpc) is 3.74. The molecular weight excluding hydrogens is 615 g/mol. The van der Waals surface area contributed by atoms with Crippen molar-refractivity contribution >= 4 is 56.0 Å². The number of carbonyl (C=O) groups is 1. The zero-order valence-electron chi connectivity index (χ0n) is 30.9. The Balaban J connectivity index is 1.49. The number of aryl methyl sites for hydroxylation is 6. The smallest absolute Gasteiger partial charge is 0.221 e. The van der Waals surface area contributed by atoms with Gasteiger partial charge in [0.2, 0.25) is 5.91 Å². The molecule has 0 saturated heterocycles. The van der Waals surface area contributed by atoms with Crippen LogP contribution in [-0.4, -0.2) is 25.8 Å². The Morgan fingerprint density at radius 1 is 0.680 bits per heavy atom. The molecule has 3 aromatic heterocycles. The van der Waals surface area contributed by atoms with Crippen molar-refractivity contribution in [2.24, 2.45) is 0 Å². The molecule has 0 saturated carbocycles. The lowest BCUT2D eigenvalue weighted by atomic mass is 9.96. The van der Waals surface area contributed by atoms with E-state index in [1.54, 1.807) is 6.92 Å². The second-order valence-corrected chi connectivity index (χ2v) is 14.5. The van der Waals surface area contributed by atoms with Crippen LogP contribution in [0.4, 0.5) is 5.69 Å². The number of aromatic nitrogens is 4. The lowest BCUT2D eigenvalue weighted by Gasteiger charge is -2.13. The van der Waals surface area contributed by atoms with E-state index >= 15 is 0 Å². The van der Waals surface area contributed by atoms with Crippen LogP contribution in [0.3, 0.4) is 0 Å². The molecule has 9 heterocycles. The summed E-state index contributed by atoms with van der Waals surface area (Å²) in [5, 5.41) is 3.14. The largest absolute Gasteiger partial charge is 0.355 e. The van der Waals surface area contributed by atoms with Crippen molar-refractivity contribution < 1.29 is 4.79 Å². The van der Waals surface area contributed by atoms with Gasteiger partial charge >= 0.3 is 0 Å². The van der Waals surface area contributed by atoms with Gasteiger partial charge in [0.15, 0.2) is 0 Å². The number of aromatic amines is 2. The van der Waals surface area contributed by atoms with Gasteiger partial charge in [-0.15, -0.1) is 0 Å². The highest BCUT2D eigenvalue weighted by atomic mass is 16.1. The SMILES string of the molecule is CCC1=C(C)c2cc3nc4cc5[nH]c(cc6[nH]c(cc1n2)c(c6C)CCCCc1ccc(cc1NC(C)=O)CCCCC4=C3C)c(C)c5CC. The number of H-pyrrole nitrogens is 2. The minimum atomic E-state index is -0.0186. The van der Waals surface area contributed by atoms with E-state index in [9.17, 15) is 4.79 Å². The Kier molecular flexibility index (Phi) is 9.38. The monoisotopic (exact) mass is 665 g/mol. The number of hydrogen-bond acceptors (Lipinski definition) is 3. The van der Waals surface area contributed by atoms with Gasteiger partial charge in [0.05, 0.1) is 22.8 Å². The van der Waals surface area contributed by atoms with Crippen LogP contribution in [0.25, 0.3) is 44.4 Å². The first-order valence-corrected chi connectivity index (χ1v) is 18.7. The molecule has 6 aliphatic heterocycles. The van der Waals surface area contributed by atoms with E-state index in [4.69, 9.17) is 9.97 Å². The van der Waals surface area contributed by atoms with Crippen molar-refractivity contribution in [2.45, 2.75) is 113 Å². The molecule has 6 heteroatoms. The summed E-state index contributed by atoms with van der Waals surface area (Å²) < 4.78 is 0. The summed E-state index contributed by atoms with van der Waals surface area (Å²) in [4.78, 5) is 30.5. The first kappa shape index (κ1) is 33.8. The fourth-order valence-corrected chi connectivity index (χ4v) is 8.31. The third-order valence-electron chi connectivity index (χ3n) is 11.3. The first-order chi connectivity index (χ1) is 24.1. The van der Waals surface area contributed by atoms with Gasteiger partial charge in [-0.1, -0.05) is 26.0 Å². The number of anilines is 1. The van der Waals surface area contributed by atoms with Gasteiger partial charge in [0, 0.05) is 34.7 Å². The minimum Gasteiger partial charge on any atom is -0.355 e. The van der Waals surface area contributed by atoms with Crippen LogP contribution < -0.4 is 5.32 Å². The highest BCUT2D eigenvalue weighted by molar-refractivity contribution is 5.95. The maximum Gasteiger partial charge on any atom is 0.221 e. The van der Waals surface area contributed by atoms with Gasteiger partial charge in [-0.2, -0.15) is 0 Å². The molecule has 6 nitrogen and oxygen atoms in total. The van der Waals surface area contributed by atoms with Crippen molar-refractivity contribution in [1.29, 1.82) is 0 Å². The minimum absolute atomic E-state index is 0.0186. The number of nitrogens with zero attached hydrogens (tertiary/aromatic N) is 2. The van der Waals surface area contributed by atoms with Crippen LogP contribution >= 0.6 is 0 Å². The van der Waals surface area contributed by atoms with E-state index in [0.29, 0.717) is 0 Å². The van der Waals surface area contributed by atoms with Crippen molar-refractivity contribution in [3.63, 3.8) is 0 Å². The molecule has 4 aromatic rings. The number of carbonyl (C=O) groups excluding carboxylic acids is 1. The molecule has 0 spiro atoms. The van der Waals surface area contributed by atoms with Crippen LogP contribution in [0.2, 0.25) is 0 Å². The van der Waals surface area contributed by atoms with Crippen LogP contribution in [0.5, 0.6) is 0 Å². The molecular formula is C44H51N5O. The van der Waals surface area contributed by atoms with Gasteiger partial charge < -0.3 is 15.3 Å². The van der Waals surface area contributed by atoms with Gasteiger partial charge in [-0.05, 0) is 178 Å². The number of allylic oxidation sites excluding steroid dienone is 4. The van der Waals surface area contributed by atoms with E-state index in [2.05, 4.69) is 99.3 Å². The number of nitrogens with one attached hydrogen (secondary N) is 3. The maximum absolute atomic E-state index is 12.2. The Hall–Kier alpha value is -4.71. The van der Waals surface area contributed by atoms with Crippen LogP contribution in [-0.2, 0) is 30.5 Å². The molecule has 6 aliphatic rings. The Morgan fingerprint density at radius 2 is 1.36 bits per heavy atom. The van der Waals surface area contributed by atoms with Gasteiger partial charge in [-0.3, -0.25) is 4.79 Å². The molecule has 0 fully saturated rings. The number of hydrogen-bond donors (Lipinski definition) is 3.